The molecular formula is C15H26O2. The molecule has 0 aliphatic rings. The van der Waals surface area contributed by atoms with Gasteiger partial charge in [0.25, 0.3) is 0 Å². The van der Waals surface area contributed by atoms with Crippen molar-refractivity contribution in [1.29, 1.82) is 0 Å². The highest BCUT2D eigenvalue weighted by Gasteiger charge is 2.22. The predicted molar refractivity (Wildman–Crippen MR) is 72.8 cm³/mol. The van der Waals surface area contributed by atoms with Crippen LogP contribution in [0, 0.1) is 5.41 Å². The summed E-state index contributed by atoms with van der Waals surface area (Å²) in [5.41, 5.74) is 2.20. The summed E-state index contributed by atoms with van der Waals surface area (Å²) in [6.07, 6.45) is 6.29. The van der Waals surface area contributed by atoms with E-state index in [9.17, 15) is 4.79 Å². The van der Waals surface area contributed by atoms with Crippen LogP contribution in [0.25, 0.3) is 0 Å². The summed E-state index contributed by atoms with van der Waals surface area (Å²) in [4.78, 5) is 11.5. The number of carbonyl (C=O) groups excluding carboxylic acids is 1. The lowest BCUT2D eigenvalue weighted by Crippen LogP contribution is -2.22. The van der Waals surface area contributed by atoms with Gasteiger partial charge in [0.1, 0.15) is 6.61 Å². The smallest absolute Gasteiger partial charge is 0.311 e. The number of rotatable bonds is 5. The van der Waals surface area contributed by atoms with E-state index in [0.29, 0.717) is 6.61 Å². The lowest BCUT2D eigenvalue weighted by molar-refractivity contribution is -0.151. The van der Waals surface area contributed by atoms with E-state index in [1.165, 1.54) is 11.1 Å². The molecule has 0 rings (SSSR count). The summed E-state index contributed by atoms with van der Waals surface area (Å²) >= 11 is 0. The number of ether oxygens (including phenoxy) is 1. The van der Waals surface area contributed by atoms with Crippen LogP contribution < -0.4 is 0 Å². The zero-order valence-corrected chi connectivity index (χ0v) is 12.1. The third-order valence-corrected chi connectivity index (χ3v) is 2.35. The molecule has 0 saturated carbocycles. The number of carbonyl (C=O) groups is 1. The fourth-order valence-corrected chi connectivity index (χ4v) is 1.17. The lowest BCUT2D eigenvalue weighted by Gasteiger charge is -2.15. The minimum atomic E-state index is -0.413. The molecule has 0 aromatic rings. The summed E-state index contributed by atoms with van der Waals surface area (Å²) in [6.45, 7) is 12.2. The first-order valence-corrected chi connectivity index (χ1v) is 6.19. The summed E-state index contributed by atoms with van der Waals surface area (Å²) in [5.74, 6) is -0.147. The fraction of sp³-hybridized carbons (Fsp3) is 0.667. The number of esters is 1. The Morgan fingerprint density at radius 2 is 1.71 bits per heavy atom. The molecule has 0 N–H and O–H groups in total. The third-order valence-electron chi connectivity index (χ3n) is 2.35. The van der Waals surface area contributed by atoms with Gasteiger partial charge in [0, 0.05) is 0 Å². The van der Waals surface area contributed by atoms with Crippen molar-refractivity contribution >= 4 is 5.97 Å². The van der Waals surface area contributed by atoms with Gasteiger partial charge in [0.15, 0.2) is 0 Å². The van der Waals surface area contributed by atoms with Crippen molar-refractivity contribution in [2.24, 2.45) is 5.41 Å². The predicted octanol–water partition coefficient (Wildman–Crippen LogP) is 4.27. The van der Waals surface area contributed by atoms with Crippen molar-refractivity contribution in [3.05, 3.63) is 23.3 Å². The summed E-state index contributed by atoms with van der Waals surface area (Å²) < 4.78 is 5.17. The molecule has 0 fully saturated rings. The summed E-state index contributed by atoms with van der Waals surface area (Å²) in [5, 5.41) is 0. The van der Waals surface area contributed by atoms with Crippen LogP contribution in [0.15, 0.2) is 23.3 Å². The molecule has 2 heteroatoms. The van der Waals surface area contributed by atoms with Crippen molar-refractivity contribution in [2.75, 3.05) is 6.61 Å². The minimum absolute atomic E-state index is 0.147. The molecule has 0 aromatic heterocycles. The molecule has 0 saturated heterocycles. The Labute approximate surface area is 106 Å². The second-order valence-electron chi connectivity index (χ2n) is 5.72. The van der Waals surface area contributed by atoms with E-state index in [2.05, 4.69) is 26.8 Å². The Morgan fingerprint density at radius 1 is 1.12 bits per heavy atom. The first-order valence-electron chi connectivity index (χ1n) is 6.19. The van der Waals surface area contributed by atoms with E-state index in [1.54, 1.807) is 0 Å². The van der Waals surface area contributed by atoms with E-state index >= 15 is 0 Å². The molecular weight excluding hydrogens is 212 g/mol. The summed E-state index contributed by atoms with van der Waals surface area (Å²) in [6, 6.07) is 0. The molecule has 0 atom stereocenters. The monoisotopic (exact) mass is 238 g/mol. The minimum Gasteiger partial charge on any atom is -0.461 e. The lowest BCUT2D eigenvalue weighted by atomic mass is 9.97. The highest BCUT2D eigenvalue weighted by Crippen LogP contribution is 2.15. The van der Waals surface area contributed by atoms with Crippen LogP contribution in [0.1, 0.15) is 54.4 Å². The zero-order chi connectivity index (χ0) is 13.5. The van der Waals surface area contributed by atoms with Crippen LogP contribution in [0.3, 0.4) is 0 Å². The standard InChI is InChI=1S/C15H26O2/c1-12(2)8-7-9-13(3)10-11-17-14(16)15(4,5)6/h8,10H,7,9,11H2,1-6H3/b13-10+. The van der Waals surface area contributed by atoms with Crippen molar-refractivity contribution in [3.63, 3.8) is 0 Å². The molecule has 2 nitrogen and oxygen atoms in total. The average Bonchev–Trinajstić information content (AvgIpc) is 2.15. The van der Waals surface area contributed by atoms with Gasteiger partial charge in [0.2, 0.25) is 0 Å². The van der Waals surface area contributed by atoms with Gasteiger partial charge < -0.3 is 4.74 Å². The number of hydrogen-bond acceptors (Lipinski definition) is 2. The molecule has 0 aromatic carbocycles. The van der Waals surface area contributed by atoms with Gasteiger partial charge >= 0.3 is 5.97 Å². The van der Waals surface area contributed by atoms with Crippen LogP contribution in [0.4, 0.5) is 0 Å². The van der Waals surface area contributed by atoms with E-state index in [0.717, 1.165) is 12.8 Å². The van der Waals surface area contributed by atoms with Gasteiger partial charge in [0.05, 0.1) is 5.41 Å². The Balaban J connectivity index is 3.93. The Bertz CT molecular complexity index is 299. The molecule has 0 spiro atoms. The van der Waals surface area contributed by atoms with Crippen LogP contribution in [0.2, 0.25) is 0 Å². The normalized spacial score (nSPS) is 12.2. The molecule has 0 amide bonds. The van der Waals surface area contributed by atoms with E-state index in [1.807, 2.05) is 26.8 Å². The second-order valence-corrected chi connectivity index (χ2v) is 5.72. The Hall–Kier alpha value is -1.05. The number of hydrogen-bond donors (Lipinski definition) is 0. The van der Waals surface area contributed by atoms with Crippen molar-refractivity contribution in [3.8, 4) is 0 Å². The van der Waals surface area contributed by atoms with Crippen molar-refractivity contribution < 1.29 is 9.53 Å². The van der Waals surface area contributed by atoms with Crippen molar-refractivity contribution in [1.82, 2.24) is 0 Å². The van der Waals surface area contributed by atoms with Crippen LogP contribution in [-0.4, -0.2) is 12.6 Å². The van der Waals surface area contributed by atoms with Gasteiger partial charge in [-0.25, -0.2) is 0 Å². The van der Waals surface area contributed by atoms with Gasteiger partial charge in [-0.3, -0.25) is 4.79 Å². The van der Waals surface area contributed by atoms with E-state index < -0.39 is 5.41 Å². The molecule has 98 valence electrons. The SMILES string of the molecule is CC(C)=CCC/C(C)=C/COC(=O)C(C)(C)C. The molecule has 17 heavy (non-hydrogen) atoms. The maximum Gasteiger partial charge on any atom is 0.311 e. The third kappa shape index (κ3) is 8.73. The molecule has 0 radical (unpaired) electrons. The molecule has 0 aliphatic carbocycles. The quantitative estimate of drug-likeness (QED) is 0.528. The van der Waals surface area contributed by atoms with Gasteiger partial charge in [-0.2, -0.15) is 0 Å². The topological polar surface area (TPSA) is 26.3 Å². The van der Waals surface area contributed by atoms with Gasteiger partial charge in [-0.05, 0) is 60.5 Å². The van der Waals surface area contributed by atoms with Gasteiger partial charge in [-0.15, -0.1) is 0 Å². The first kappa shape index (κ1) is 16.0. The fourth-order valence-electron chi connectivity index (χ4n) is 1.17. The van der Waals surface area contributed by atoms with Crippen molar-refractivity contribution in [2.45, 2.75) is 54.4 Å². The molecule has 0 heterocycles. The zero-order valence-electron chi connectivity index (χ0n) is 12.1. The second kappa shape index (κ2) is 7.31. The van der Waals surface area contributed by atoms with Crippen LogP contribution >= 0.6 is 0 Å². The average molecular weight is 238 g/mol. The van der Waals surface area contributed by atoms with E-state index in [-0.39, 0.29) is 5.97 Å². The summed E-state index contributed by atoms with van der Waals surface area (Å²) in [7, 11) is 0. The Kier molecular flexibility index (Phi) is 6.86. The maximum absolute atomic E-state index is 11.5. The maximum atomic E-state index is 11.5. The Morgan fingerprint density at radius 3 is 2.18 bits per heavy atom. The molecule has 0 bridgehead atoms. The largest absolute Gasteiger partial charge is 0.461 e. The number of allylic oxidation sites excluding steroid dienone is 3. The van der Waals surface area contributed by atoms with Crippen LogP contribution in [0.5, 0.6) is 0 Å². The highest BCUT2D eigenvalue weighted by molar-refractivity contribution is 5.75. The van der Waals surface area contributed by atoms with E-state index in [4.69, 9.17) is 4.74 Å². The first-order chi connectivity index (χ1) is 7.73. The highest BCUT2D eigenvalue weighted by atomic mass is 16.5. The molecule has 0 unspecified atom stereocenters. The van der Waals surface area contributed by atoms with Gasteiger partial charge in [-0.1, -0.05) is 17.2 Å². The molecule has 0 aliphatic heterocycles. The van der Waals surface area contributed by atoms with Crippen LogP contribution in [-0.2, 0) is 9.53 Å².